The van der Waals surface area contributed by atoms with Gasteiger partial charge < -0.3 is 10.8 Å². The third-order valence-corrected chi connectivity index (χ3v) is 3.62. The van der Waals surface area contributed by atoms with Crippen LogP contribution in [0.2, 0.25) is 0 Å². The fraction of sp³-hybridized carbons (Fsp3) is 0.538. The van der Waals surface area contributed by atoms with Crippen LogP contribution in [-0.2, 0) is 11.8 Å². The van der Waals surface area contributed by atoms with Gasteiger partial charge in [0, 0.05) is 12.0 Å². The van der Waals surface area contributed by atoms with Gasteiger partial charge in [-0.2, -0.15) is 0 Å². The van der Waals surface area contributed by atoms with E-state index in [0.29, 0.717) is 5.75 Å². The van der Waals surface area contributed by atoms with Crippen molar-refractivity contribution < 1.29 is 5.11 Å². The molecule has 0 saturated heterocycles. The van der Waals surface area contributed by atoms with Crippen molar-refractivity contribution in [3.05, 3.63) is 28.8 Å². The van der Waals surface area contributed by atoms with Gasteiger partial charge in [0.05, 0.1) is 0 Å². The van der Waals surface area contributed by atoms with E-state index in [1.54, 1.807) is 0 Å². The SMILES string of the molecule is CCc1cc(C2(CN)CC2)c(C)cc1O. The quantitative estimate of drug-likeness (QED) is 0.795. The van der Waals surface area contributed by atoms with Crippen LogP contribution in [0.15, 0.2) is 12.1 Å². The van der Waals surface area contributed by atoms with E-state index >= 15 is 0 Å². The zero-order chi connectivity index (χ0) is 11.1. The number of hydrogen-bond donors (Lipinski definition) is 2. The molecule has 2 heteroatoms. The molecule has 0 radical (unpaired) electrons. The fourth-order valence-corrected chi connectivity index (χ4v) is 2.33. The van der Waals surface area contributed by atoms with Gasteiger partial charge in [0.15, 0.2) is 0 Å². The van der Waals surface area contributed by atoms with E-state index in [1.807, 2.05) is 6.07 Å². The minimum atomic E-state index is 0.224. The number of rotatable bonds is 3. The van der Waals surface area contributed by atoms with Gasteiger partial charge >= 0.3 is 0 Å². The van der Waals surface area contributed by atoms with Crippen LogP contribution in [0, 0.1) is 6.92 Å². The van der Waals surface area contributed by atoms with Crippen molar-refractivity contribution >= 4 is 0 Å². The predicted octanol–water partition coefficient (Wildman–Crippen LogP) is 2.25. The van der Waals surface area contributed by atoms with Gasteiger partial charge in [-0.15, -0.1) is 0 Å². The Bertz CT molecular complexity index is 380. The number of phenols is 1. The lowest BCUT2D eigenvalue weighted by molar-refractivity contribution is 0.467. The molecule has 0 heterocycles. The highest BCUT2D eigenvalue weighted by Crippen LogP contribution is 2.49. The summed E-state index contributed by atoms with van der Waals surface area (Å²) in [5.41, 5.74) is 9.62. The summed E-state index contributed by atoms with van der Waals surface area (Å²) >= 11 is 0. The largest absolute Gasteiger partial charge is 0.508 e. The Morgan fingerprint density at radius 1 is 1.40 bits per heavy atom. The molecule has 1 aromatic carbocycles. The lowest BCUT2D eigenvalue weighted by atomic mass is 9.89. The molecule has 1 fully saturated rings. The molecule has 1 aliphatic carbocycles. The molecule has 0 unspecified atom stereocenters. The summed E-state index contributed by atoms with van der Waals surface area (Å²) in [5.74, 6) is 0.423. The highest BCUT2D eigenvalue weighted by molar-refractivity contribution is 5.47. The molecule has 15 heavy (non-hydrogen) atoms. The summed E-state index contributed by atoms with van der Waals surface area (Å²) < 4.78 is 0. The van der Waals surface area contributed by atoms with Crippen LogP contribution in [0.5, 0.6) is 5.75 Å². The molecule has 1 aromatic rings. The maximum Gasteiger partial charge on any atom is 0.119 e. The standard InChI is InChI=1S/C13H19NO/c1-3-10-7-11(9(2)6-12(10)15)13(8-14)4-5-13/h6-7,15H,3-5,8,14H2,1-2H3. The number of phenolic OH excluding ortho intramolecular Hbond substituents is 1. The van der Waals surface area contributed by atoms with Crippen molar-refractivity contribution in [2.75, 3.05) is 6.54 Å². The van der Waals surface area contributed by atoms with Gasteiger partial charge in [-0.25, -0.2) is 0 Å². The molecule has 1 saturated carbocycles. The summed E-state index contributed by atoms with van der Waals surface area (Å²) in [7, 11) is 0. The minimum absolute atomic E-state index is 0.224. The summed E-state index contributed by atoms with van der Waals surface area (Å²) in [6, 6.07) is 4.02. The van der Waals surface area contributed by atoms with E-state index in [1.165, 1.54) is 24.0 Å². The number of aromatic hydroxyl groups is 1. The Morgan fingerprint density at radius 3 is 2.53 bits per heavy atom. The first-order valence-electron chi connectivity index (χ1n) is 5.66. The van der Waals surface area contributed by atoms with Crippen molar-refractivity contribution in [3.63, 3.8) is 0 Å². The zero-order valence-corrected chi connectivity index (χ0v) is 9.51. The molecule has 1 aliphatic rings. The van der Waals surface area contributed by atoms with E-state index in [4.69, 9.17) is 5.73 Å². The highest BCUT2D eigenvalue weighted by atomic mass is 16.3. The highest BCUT2D eigenvalue weighted by Gasteiger charge is 2.43. The molecule has 0 aromatic heterocycles. The van der Waals surface area contributed by atoms with Crippen LogP contribution in [-0.4, -0.2) is 11.7 Å². The molecular weight excluding hydrogens is 186 g/mol. The van der Waals surface area contributed by atoms with Crippen molar-refractivity contribution in [1.82, 2.24) is 0 Å². The number of benzene rings is 1. The smallest absolute Gasteiger partial charge is 0.119 e. The molecule has 3 N–H and O–H groups in total. The lowest BCUT2D eigenvalue weighted by Gasteiger charge is -2.18. The van der Waals surface area contributed by atoms with Crippen LogP contribution in [0.4, 0.5) is 0 Å². The molecule has 0 bridgehead atoms. The van der Waals surface area contributed by atoms with Gasteiger partial charge in [-0.05, 0) is 48.9 Å². The van der Waals surface area contributed by atoms with Crippen molar-refractivity contribution in [2.24, 2.45) is 5.73 Å². The summed E-state index contributed by atoms with van der Waals surface area (Å²) in [5, 5.41) is 9.74. The monoisotopic (exact) mass is 205 g/mol. The van der Waals surface area contributed by atoms with Gasteiger partial charge in [0.1, 0.15) is 5.75 Å². The Kier molecular flexibility index (Phi) is 2.47. The predicted molar refractivity (Wildman–Crippen MR) is 62.2 cm³/mol. The Hall–Kier alpha value is -1.02. The molecule has 82 valence electrons. The Balaban J connectivity index is 2.47. The first-order valence-corrected chi connectivity index (χ1v) is 5.66. The van der Waals surface area contributed by atoms with Crippen molar-refractivity contribution in [3.8, 4) is 5.75 Å². The van der Waals surface area contributed by atoms with Crippen molar-refractivity contribution in [2.45, 2.75) is 38.5 Å². The average Bonchev–Trinajstić information content (AvgIpc) is 2.99. The first-order chi connectivity index (χ1) is 7.13. The summed E-state index contributed by atoms with van der Waals surface area (Å²) in [6.07, 6.45) is 3.26. The molecule has 2 rings (SSSR count). The van der Waals surface area contributed by atoms with E-state index in [0.717, 1.165) is 18.5 Å². The maximum absolute atomic E-state index is 9.74. The second-order valence-electron chi connectivity index (χ2n) is 4.63. The number of nitrogens with two attached hydrogens (primary N) is 1. The molecule has 0 aliphatic heterocycles. The molecule has 0 atom stereocenters. The molecule has 0 spiro atoms. The van der Waals surface area contributed by atoms with Gasteiger partial charge in [0.25, 0.3) is 0 Å². The third kappa shape index (κ3) is 1.63. The number of aryl methyl sites for hydroxylation is 2. The minimum Gasteiger partial charge on any atom is -0.508 e. The summed E-state index contributed by atoms with van der Waals surface area (Å²) in [4.78, 5) is 0. The summed E-state index contributed by atoms with van der Waals surface area (Å²) in [6.45, 7) is 4.85. The molecule has 0 amide bonds. The fourth-order valence-electron chi connectivity index (χ4n) is 2.33. The van der Waals surface area contributed by atoms with E-state index < -0.39 is 0 Å². The van der Waals surface area contributed by atoms with Crippen LogP contribution < -0.4 is 5.73 Å². The van der Waals surface area contributed by atoms with Crippen LogP contribution in [0.3, 0.4) is 0 Å². The Labute approximate surface area is 91.1 Å². The van der Waals surface area contributed by atoms with E-state index in [2.05, 4.69) is 19.9 Å². The van der Waals surface area contributed by atoms with E-state index in [9.17, 15) is 5.11 Å². The first kappa shape index (κ1) is 10.5. The van der Waals surface area contributed by atoms with Gasteiger partial charge in [-0.3, -0.25) is 0 Å². The van der Waals surface area contributed by atoms with Gasteiger partial charge in [0.2, 0.25) is 0 Å². The normalized spacial score (nSPS) is 17.8. The average molecular weight is 205 g/mol. The zero-order valence-electron chi connectivity index (χ0n) is 9.51. The van der Waals surface area contributed by atoms with Crippen LogP contribution in [0.25, 0.3) is 0 Å². The second kappa shape index (κ2) is 3.53. The van der Waals surface area contributed by atoms with Crippen molar-refractivity contribution in [1.29, 1.82) is 0 Å². The Morgan fingerprint density at radius 2 is 2.07 bits per heavy atom. The maximum atomic E-state index is 9.74. The lowest BCUT2D eigenvalue weighted by Crippen LogP contribution is -2.21. The second-order valence-corrected chi connectivity index (χ2v) is 4.63. The topological polar surface area (TPSA) is 46.2 Å². The molecular formula is C13H19NO. The molecule has 2 nitrogen and oxygen atoms in total. The van der Waals surface area contributed by atoms with Gasteiger partial charge in [-0.1, -0.05) is 13.0 Å². The van der Waals surface area contributed by atoms with Crippen LogP contribution in [0.1, 0.15) is 36.5 Å². The number of hydrogen-bond acceptors (Lipinski definition) is 2. The van der Waals surface area contributed by atoms with E-state index in [-0.39, 0.29) is 5.41 Å². The van der Waals surface area contributed by atoms with Crippen LogP contribution >= 0.6 is 0 Å². The third-order valence-electron chi connectivity index (χ3n) is 3.62.